The maximum atomic E-state index is 14.3. The van der Waals surface area contributed by atoms with Crippen molar-refractivity contribution in [3.8, 4) is 0 Å². The molecule has 2 rings (SSSR count). The molecule has 3 nitrogen and oxygen atoms in total. The first kappa shape index (κ1) is 16.3. The van der Waals surface area contributed by atoms with E-state index in [2.05, 4.69) is 0 Å². The first-order valence-corrected chi connectivity index (χ1v) is 6.64. The van der Waals surface area contributed by atoms with Crippen molar-refractivity contribution < 1.29 is 26.8 Å². The molecule has 0 aliphatic rings. The summed E-state index contributed by atoms with van der Waals surface area (Å²) in [5.74, 6) is -1.94. The third-order valence-electron chi connectivity index (χ3n) is 3.25. The largest absolute Gasteiger partial charge is 0.448 e. The van der Waals surface area contributed by atoms with E-state index in [1.54, 1.807) is 26.0 Å². The average molecular weight is 317 g/mol. The fourth-order valence-electron chi connectivity index (χ4n) is 2.16. The summed E-state index contributed by atoms with van der Waals surface area (Å²) < 4.78 is 56.3. The second-order valence-corrected chi connectivity index (χ2v) is 5.43. The highest BCUT2D eigenvalue weighted by Crippen LogP contribution is 2.29. The van der Waals surface area contributed by atoms with E-state index in [1.807, 2.05) is 0 Å². The quantitative estimate of drug-likeness (QED) is 0.790. The highest BCUT2D eigenvalue weighted by molar-refractivity contribution is 5.96. The molecule has 0 unspecified atom stereocenters. The number of hydrogen-bond donors (Lipinski definition) is 0. The highest BCUT2D eigenvalue weighted by atomic mass is 19.4. The summed E-state index contributed by atoms with van der Waals surface area (Å²) >= 11 is 0. The number of furan rings is 1. The molecule has 1 aromatic carbocycles. The Morgan fingerprint density at radius 2 is 1.95 bits per heavy atom. The number of fused-ring (bicyclic) bond motifs is 1. The van der Waals surface area contributed by atoms with Crippen LogP contribution in [0.25, 0.3) is 11.0 Å². The van der Waals surface area contributed by atoms with Crippen LogP contribution in [0.3, 0.4) is 0 Å². The van der Waals surface area contributed by atoms with Crippen molar-refractivity contribution in [1.29, 1.82) is 0 Å². The molecule has 0 fully saturated rings. The van der Waals surface area contributed by atoms with Crippen LogP contribution < -0.4 is 0 Å². The topological polar surface area (TPSA) is 33.5 Å². The summed E-state index contributed by atoms with van der Waals surface area (Å²) in [6, 6.07) is 4.40. The molecule has 0 saturated heterocycles. The third-order valence-corrected chi connectivity index (χ3v) is 3.25. The van der Waals surface area contributed by atoms with E-state index in [9.17, 15) is 22.4 Å². The van der Waals surface area contributed by atoms with Gasteiger partial charge in [0.15, 0.2) is 17.2 Å². The molecule has 1 amide bonds. The molecule has 0 bridgehead atoms. The van der Waals surface area contributed by atoms with Gasteiger partial charge in [-0.25, -0.2) is 4.39 Å². The number of halogens is 4. The van der Waals surface area contributed by atoms with Gasteiger partial charge in [-0.3, -0.25) is 4.79 Å². The van der Waals surface area contributed by atoms with E-state index in [-0.39, 0.29) is 17.3 Å². The van der Waals surface area contributed by atoms with E-state index in [0.717, 1.165) is 7.05 Å². The van der Waals surface area contributed by atoms with Crippen molar-refractivity contribution in [3.05, 3.63) is 35.3 Å². The lowest BCUT2D eigenvalue weighted by Gasteiger charge is -2.17. The van der Waals surface area contributed by atoms with E-state index in [0.29, 0.717) is 15.8 Å². The number of benzene rings is 1. The van der Waals surface area contributed by atoms with Crippen LogP contribution in [0.1, 0.15) is 35.9 Å². The molecule has 0 saturated carbocycles. The molecule has 0 aliphatic carbocycles. The second kappa shape index (κ2) is 5.62. The highest BCUT2D eigenvalue weighted by Gasteiger charge is 2.32. The molecular formula is C15H15F4NO2. The van der Waals surface area contributed by atoms with Gasteiger partial charge in [0, 0.05) is 12.4 Å². The molecule has 0 radical (unpaired) electrons. The number of nitrogens with zero attached hydrogens (tertiary/aromatic N) is 1. The Kier molecular flexibility index (Phi) is 4.17. The molecule has 120 valence electrons. The van der Waals surface area contributed by atoms with Crippen molar-refractivity contribution in [2.24, 2.45) is 0 Å². The predicted molar refractivity (Wildman–Crippen MR) is 73.3 cm³/mol. The minimum atomic E-state index is -4.51. The zero-order valence-electron chi connectivity index (χ0n) is 12.3. The number of alkyl halides is 3. The van der Waals surface area contributed by atoms with Crippen LogP contribution in [-0.4, -0.2) is 30.6 Å². The molecule has 1 aromatic heterocycles. The maximum Gasteiger partial charge on any atom is 0.406 e. The molecule has 2 aromatic rings. The van der Waals surface area contributed by atoms with E-state index < -0.39 is 24.4 Å². The van der Waals surface area contributed by atoms with Crippen LogP contribution in [0.5, 0.6) is 0 Å². The Morgan fingerprint density at radius 1 is 1.32 bits per heavy atom. The van der Waals surface area contributed by atoms with Crippen LogP contribution in [0, 0.1) is 5.82 Å². The summed E-state index contributed by atoms with van der Waals surface area (Å²) in [6.07, 6.45) is -4.51. The first-order chi connectivity index (χ1) is 10.1. The second-order valence-electron chi connectivity index (χ2n) is 5.43. The summed E-state index contributed by atoms with van der Waals surface area (Å²) in [4.78, 5) is 12.4. The predicted octanol–water partition coefficient (Wildman–Crippen LogP) is 4.33. The number of rotatable bonds is 3. The Hall–Kier alpha value is -2.05. The van der Waals surface area contributed by atoms with Gasteiger partial charge in [-0.05, 0) is 17.5 Å². The van der Waals surface area contributed by atoms with Crippen LogP contribution in [0.15, 0.2) is 22.6 Å². The molecule has 22 heavy (non-hydrogen) atoms. The zero-order valence-corrected chi connectivity index (χ0v) is 12.3. The standard InChI is InChI=1S/C15H15F4NO2/c1-8(2)10-5-4-9-6-11(22-13(9)12(10)16)14(21)20(3)7-15(17,18)19/h4-6,8H,7H2,1-3H3. The Labute approximate surface area is 124 Å². The molecule has 0 N–H and O–H groups in total. The summed E-state index contributed by atoms with van der Waals surface area (Å²) in [5.41, 5.74) is 0.305. The van der Waals surface area contributed by atoms with Crippen LogP contribution in [0.4, 0.5) is 17.6 Å². The lowest BCUT2D eigenvalue weighted by atomic mass is 10.0. The van der Waals surface area contributed by atoms with Crippen molar-refractivity contribution in [1.82, 2.24) is 4.90 Å². The Bertz CT molecular complexity index is 703. The molecule has 0 atom stereocenters. The van der Waals surface area contributed by atoms with Crippen molar-refractivity contribution in [3.63, 3.8) is 0 Å². The molecule has 0 spiro atoms. The third kappa shape index (κ3) is 3.23. The number of hydrogen-bond acceptors (Lipinski definition) is 2. The van der Waals surface area contributed by atoms with Crippen molar-refractivity contribution in [2.45, 2.75) is 25.9 Å². The van der Waals surface area contributed by atoms with Crippen molar-refractivity contribution in [2.75, 3.05) is 13.6 Å². The smallest absolute Gasteiger partial charge is 0.406 e. The summed E-state index contributed by atoms with van der Waals surface area (Å²) in [5, 5.41) is 0.339. The van der Waals surface area contributed by atoms with E-state index >= 15 is 0 Å². The van der Waals surface area contributed by atoms with Gasteiger partial charge in [0.2, 0.25) is 0 Å². The van der Waals surface area contributed by atoms with Gasteiger partial charge in [0.25, 0.3) is 5.91 Å². The summed E-state index contributed by atoms with van der Waals surface area (Å²) in [7, 11) is 1.01. The average Bonchev–Trinajstić information content (AvgIpc) is 2.80. The lowest BCUT2D eigenvalue weighted by molar-refractivity contribution is -0.138. The van der Waals surface area contributed by atoms with Gasteiger partial charge in [-0.2, -0.15) is 13.2 Å². The SMILES string of the molecule is CC(C)c1ccc2cc(C(=O)N(C)CC(F)(F)F)oc2c1F. The van der Waals surface area contributed by atoms with Crippen molar-refractivity contribution >= 4 is 16.9 Å². The van der Waals surface area contributed by atoms with Gasteiger partial charge in [0.1, 0.15) is 6.54 Å². The summed E-state index contributed by atoms with van der Waals surface area (Å²) in [6.45, 7) is 2.20. The monoisotopic (exact) mass is 317 g/mol. The Morgan fingerprint density at radius 3 is 2.50 bits per heavy atom. The minimum absolute atomic E-state index is 0.0819. The lowest BCUT2D eigenvalue weighted by Crippen LogP contribution is -2.35. The molecule has 1 heterocycles. The van der Waals surface area contributed by atoms with Gasteiger partial charge in [-0.15, -0.1) is 0 Å². The zero-order chi connectivity index (χ0) is 16.7. The Balaban J connectivity index is 2.37. The maximum absolute atomic E-state index is 14.3. The van der Waals surface area contributed by atoms with Gasteiger partial charge in [0.05, 0.1) is 0 Å². The number of carbonyl (C=O) groups excluding carboxylic acids is 1. The van der Waals surface area contributed by atoms with Gasteiger partial charge in [-0.1, -0.05) is 26.0 Å². The normalized spacial score (nSPS) is 12.2. The van der Waals surface area contributed by atoms with Crippen LogP contribution in [0.2, 0.25) is 0 Å². The number of amides is 1. The van der Waals surface area contributed by atoms with Gasteiger partial charge < -0.3 is 9.32 Å². The van der Waals surface area contributed by atoms with E-state index in [4.69, 9.17) is 4.42 Å². The number of carbonyl (C=O) groups is 1. The van der Waals surface area contributed by atoms with Gasteiger partial charge >= 0.3 is 6.18 Å². The molecular weight excluding hydrogens is 302 g/mol. The molecule has 7 heteroatoms. The first-order valence-electron chi connectivity index (χ1n) is 6.64. The van der Waals surface area contributed by atoms with Crippen LogP contribution in [-0.2, 0) is 0 Å². The van der Waals surface area contributed by atoms with E-state index in [1.165, 1.54) is 6.07 Å². The molecule has 0 aliphatic heterocycles. The fraction of sp³-hybridized carbons (Fsp3) is 0.400. The van der Waals surface area contributed by atoms with Crippen LogP contribution >= 0.6 is 0 Å². The minimum Gasteiger partial charge on any atom is -0.448 e. The fourth-order valence-corrected chi connectivity index (χ4v) is 2.16.